The molecule has 0 saturated heterocycles. The number of rotatable bonds is 12. The first-order valence-corrected chi connectivity index (χ1v) is 16.0. The molecule has 1 aromatic heterocycles. The van der Waals surface area contributed by atoms with Gasteiger partial charge in [0.05, 0.1) is 16.6 Å². The highest BCUT2D eigenvalue weighted by Gasteiger charge is 2.27. The molecule has 7 nitrogen and oxygen atoms in total. The van der Waals surface area contributed by atoms with Gasteiger partial charge in [-0.25, -0.2) is 14.6 Å². The third-order valence-corrected chi connectivity index (χ3v) is 8.57. The molecule has 43 heavy (non-hydrogen) atoms. The van der Waals surface area contributed by atoms with Gasteiger partial charge in [-0.3, -0.25) is 4.90 Å². The summed E-state index contributed by atoms with van der Waals surface area (Å²) in [6, 6.07) is 21.7. The molecule has 1 aliphatic rings. The molecule has 0 radical (unpaired) electrons. The second-order valence-electron chi connectivity index (χ2n) is 11.7. The average molecular weight is 581 g/mol. The lowest BCUT2D eigenvalue weighted by atomic mass is 9.94. The van der Waals surface area contributed by atoms with Crippen LogP contribution < -0.4 is 10.2 Å². The van der Waals surface area contributed by atoms with Gasteiger partial charge in [-0.05, 0) is 66.6 Å². The molecule has 226 valence electrons. The Kier molecular flexibility index (Phi) is 10.1. The average Bonchev–Trinajstić information content (AvgIpc) is 3.37. The summed E-state index contributed by atoms with van der Waals surface area (Å²) < 4.78 is 2.29. The number of carbonyl (C=O) groups excluding carboxylic acids is 1. The SMILES string of the molecule is CCCCNC(=O)N(c1ccc2nc(CCCC)n(Cc3ccc(-c4ccccc4C(=O)O)cc3)c2c1)C1CCCCC1. The van der Waals surface area contributed by atoms with Crippen LogP contribution in [0.3, 0.4) is 0 Å². The largest absolute Gasteiger partial charge is 0.478 e. The number of aromatic carboxylic acids is 1. The van der Waals surface area contributed by atoms with Crippen LogP contribution in [0.15, 0.2) is 66.7 Å². The number of aromatic nitrogens is 2. The quantitative estimate of drug-likeness (QED) is 0.165. The van der Waals surface area contributed by atoms with Crippen molar-refractivity contribution in [3.63, 3.8) is 0 Å². The van der Waals surface area contributed by atoms with Gasteiger partial charge >= 0.3 is 12.0 Å². The van der Waals surface area contributed by atoms with Crippen molar-refractivity contribution in [1.82, 2.24) is 14.9 Å². The Hall–Kier alpha value is -4.13. The molecular formula is C36H44N4O3. The van der Waals surface area contributed by atoms with Crippen molar-refractivity contribution in [3.8, 4) is 11.1 Å². The molecule has 7 heteroatoms. The first kappa shape index (κ1) is 30.3. The normalized spacial score (nSPS) is 13.7. The second kappa shape index (κ2) is 14.4. The number of nitrogens with zero attached hydrogens (tertiary/aromatic N) is 3. The first-order valence-electron chi connectivity index (χ1n) is 16.0. The summed E-state index contributed by atoms with van der Waals surface area (Å²) in [6.45, 7) is 5.66. The van der Waals surface area contributed by atoms with Crippen LogP contribution in [0.25, 0.3) is 22.2 Å². The zero-order valence-corrected chi connectivity index (χ0v) is 25.5. The maximum absolute atomic E-state index is 13.5. The van der Waals surface area contributed by atoms with Crippen LogP contribution in [0.5, 0.6) is 0 Å². The monoisotopic (exact) mass is 580 g/mol. The lowest BCUT2D eigenvalue weighted by molar-refractivity contribution is 0.0697. The Morgan fingerprint density at radius 3 is 2.42 bits per heavy atom. The van der Waals surface area contributed by atoms with Crippen LogP contribution in [-0.4, -0.2) is 39.2 Å². The van der Waals surface area contributed by atoms with Gasteiger partial charge in [-0.1, -0.05) is 88.4 Å². The third-order valence-electron chi connectivity index (χ3n) is 8.57. The summed E-state index contributed by atoms with van der Waals surface area (Å²) in [5, 5.41) is 12.8. The summed E-state index contributed by atoms with van der Waals surface area (Å²) >= 11 is 0. The first-order chi connectivity index (χ1) is 21.0. The van der Waals surface area contributed by atoms with Gasteiger partial charge in [0.15, 0.2) is 0 Å². The Morgan fingerprint density at radius 2 is 1.70 bits per heavy atom. The number of carboxylic acids is 1. The highest BCUT2D eigenvalue weighted by molar-refractivity contribution is 5.96. The number of fused-ring (bicyclic) bond motifs is 1. The number of carbonyl (C=O) groups is 2. The number of benzene rings is 3. The second-order valence-corrected chi connectivity index (χ2v) is 11.7. The van der Waals surface area contributed by atoms with Gasteiger partial charge < -0.3 is 15.0 Å². The number of hydrogen-bond donors (Lipinski definition) is 2. The standard InChI is InChI=1S/C36H44N4O3/c1-3-5-16-34-38-32-22-21-29(40(28-12-8-7-9-13-28)36(43)37-23-6-4-2)24-33(32)39(34)25-26-17-19-27(20-18-26)30-14-10-11-15-31(30)35(41)42/h10-11,14-15,17-22,24,28H,3-9,12-13,16,23,25H2,1-2H3,(H,37,43)(H,41,42). The van der Waals surface area contributed by atoms with Crippen molar-refractivity contribution in [2.75, 3.05) is 11.4 Å². The highest BCUT2D eigenvalue weighted by atomic mass is 16.4. The number of unbranched alkanes of at least 4 members (excludes halogenated alkanes) is 2. The zero-order chi connectivity index (χ0) is 30.2. The molecule has 0 bridgehead atoms. The Balaban J connectivity index is 1.49. The molecular weight excluding hydrogens is 536 g/mol. The molecule has 0 atom stereocenters. The number of imidazole rings is 1. The summed E-state index contributed by atoms with van der Waals surface area (Å²) in [6.07, 6.45) is 10.6. The predicted molar refractivity (Wildman–Crippen MR) is 174 cm³/mol. The fourth-order valence-corrected chi connectivity index (χ4v) is 6.20. The smallest absolute Gasteiger partial charge is 0.336 e. The van der Waals surface area contributed by atoms with E-state index in [0.717, 1.165) is 91.5 Å². The minimum atomic E-state index is -0.928. The lowest BCUT2D eigenvalue weighted by Gasteiger charge is -2.34. The van der Waals surface area contributed by atoms with E-state index in [1.165, 1.54) is 6.42 Å². The zero-order valence-electron chi connectivity index (χ0n) is 25.5. The minimum Gasteiger partial charge on any atom is -0.478 e. The van der Waals surface area contributed by atoms with Gasteiger partial charge in [0.2, 0.25) is 0 Å². The van der Waals surface area contributed by atoms with Gasteiger partial charge in [-0.2, -0.15) is 0 Å². The molecule has 0 spiro atoms. The van der Waals surface area contributed by atoms with E-state index in [4.69, 9.17) is 4.98 Å². The summed E-state index contributed by atoms with van der Waals surface area (Å²) in [5.74, 6) is 0.119. The van der Waals surface area contributed by atoms with E-state index in [-0.39, 0.29) is 12.1 Å². The van der Waals surface area contributed by atoms with E-state index in [9.17, 15) is 14.7 Å². The van der Waals surface area contributed by atoms with Gasteiger partial charge in [0, 0.05) is 31.2 Å². The minimum absolute atomic E-state index is 0.00537. The van der Waals surface area contributed by atoms with Crippen LogP contribution >= 0.6 is 0 Å². The summed E-state index contributed by atoms with van der Waals surface area (Å²) in [4.78, 5) is 32.4. The molecule has 1 heterocycles. The van der Waals surface area contributed by atoms with Crippen LogP contribution in [0.2, 0.25) is 0 Å². The van der Waals surface area contributed by atoms with Crippen molar-refractivity contribution < 1.29 is 14.7 Å². The number of carboxylic acid groups (broad SMARTS) is 1. The molecule has 4 aromatic rings. The molecule has 3 aromatic carbocycles. The molecule has 2 amide bonds. The molecule has 0 unspecified atom stereocenters. The van der Waals surface area contributed by atoms with E-state index in [2.05, 4.69) is 54.1 Å². The third kappa shape index (κ3) is 7.10. The topological polar surface area (TPSA) is 87.5 Å². The number of hydrogen-bond acceptors (Lipinski definition) is 3. The summed E-state index contributed by atoms with van der Waals surface area (Å²) in [7, 11) is 0. The van der Waals surface area contributed by atoms with E-state index in [0.29, 0.717) is 24.2 Å². The lowest BCUT2D eigenvalue weighted by Crippen LogP contribution is -2.47. The van der Waals surface area contributed by atoms with Gasteiger partial charge in [-0.15, -0.1) is 0 Å². The number of anilines is 1. The number of urea groups is 1. The van der Waals surface area contributed by atoms with Gasteiger partial charge in [0.1, 0.15) is 5.82 Å². The Labute approximate surface area is 254 Å². The van der Waals surface area contributed by atoms with Crippen molar-refractivity contribution >= 4 is 28.7 Å². The number of amides is 2. The maximum Gasteiger partial charge on any atom is 0.336 e. The molecule has 1 fully saturated rings. The van der Waals surface area contributed by atoms with Gasteiger partial charge in [0.25, 0.3) is 0 Å². The van der Waals surface area contributed by atoms with Crippen LogP contribution in [0.4, 0.5) is 10.5 Å². The Bertz CT molecular complexity index is 1540. The molecule has 5 rings (SSSR count). The van der Waals surface area contributed by atoms with Crippen molar-refractivity contribution in [3.05, 3.63) is 83.7 Å². The van der Waals surface area contributed by atoms with E-state index in [1.54, 1.807) is 12.1 Å². The van der Waals surface area contributed by atoms with E-state index < -0.39 is 5.97 Å². The van der Waals surface area contributed by atoms with Crippen molar-refractivity contribution in [2.24, 2.45) is 0 Å². The Morgan fingerprint density at radius 1 is 0.953 bits per heavy atom. The molecule has 0 aliphatic heterocycles. The van der Waals surface area contributed by atoms with E-state index in [1.807, 2.05) is 29.2 Å². The van der Waals surface area contributed by atoms with Crippen LogP contribution in [0, 0.1) is 0 Å². The van der Waals surface area contributed by atoms with Crippen molar-refractivity contribution in [2.45, 2.75) is 90.6 Å². The maximum atomic E-state index is 13.5. The molecule has 1 aliphatic carbocycles. The molecule has 1 saturated carbocycles. The van der Waals surface area contributed by atoms with Crippen molar-refractivity contribution in [1.29, 1.82) is 0 Å². The predicted octanol–water partition coefficient (Wildman–Crippen LogP) is 8.44. The van der Waals surface area contributed by atoms with Crippen LogP contribution in [-0.2, 0) is 13.0 Å². The fraction of sp³-hybridized carbons (Fsp3) is 0.417. The fourth-order valence-electron chi connectivity index (χ4n) is 6.20. The molecule has 2 N–H and O–H groups in total. The van der Waals surface area contributed by atoms with Crippen LogP contribution in [0.1, 0.15) is 93.4 Å². The number of nitrogens with one attached hydrogen (secondary N) is 1. The van der Waals surface area contributed by atoms with E-state index >= 15 is 0 Å². The highest BCUT2D eigenvalue weighted by Crippen LogP contribution is 2.31. The number of aryl methyl sites for hydroxylation is 1. The summed E-state index contributed by atoms with van der Waals surface area (Å²) in [5.41, 5.74) is 5.90.